The number of amides is 1. The maximum atomic E-state index is 11.1. The average molecular weight is 353 g/mol. The summed E-state index contributed by atoms with van der Waals surface area (Å²) in [7, 11) is 0. The second kappa shape index (κ2) is 6.76. The molecule has 0 bridgehead atoms. The second-order valence-electron chi connectivity index (χ2n) is 5.01. The molecule has 6 heteroatoms. The number of anilines is 1. The van der Waals surface area contributed by atoms with Gasteiger partial charge in [-0.15, -0.1) is 0 Å². The van der Waals surface area contributed by atoms with Crippen LogP contribution in [0.5, 0.6) is 0 Å². The Morgan fingerprint density at radius 1 is 1.48 bits per heavy atom. The van der Waals surface area contributed by atoms with Gasteiger partial charge >= 0.3 is 5.97 Å². The van der Waals surface area contributed by atoms with Crippen molar-refractivity contribution in [1.82, 2.24) is 5.32 Å². The van der Waals surface area contributed by atoms with Crippen molar-refractivity contribution in [2.24, 2.45) is 0 Å². The Labute approximate surface area is 131 Å². The highest BCUT2D eigenvalue weighted by Crippen LogP contribution is 2.30. The SMILES string of the molecule is CC(=O)NC1CCN(c2ccc(/C=C/C(=O)O)cc2Br)C1. The van der Waals surface area contributed by atoms with E-state index >= 15 is 0 Å². The number of hydrogen-bond acceptors (Lipinski definition) is 3. The molecule has 0 saturated carbocycles. The lowest BCUT2D eigenvalue weighted by Gasteiger charge is -2.20. The number of aliphatic carboxylic acids is 1. The summed E-state index contributed by atoms with van der Waals surface area (Å²) < 4.78 is 0.915. The van der Waals surface area contributed by atoms with E-state index in [1.54, 1.807) is 6.08 Å². The van der Waals surface area contributed by atoms with Gasteiger partial charge in [0.1, 0.15) is 0 Å². The smallest absolute Gasteiger partial charge is 0.328 e. The Morgan fingerprint density at radius 3 is 2.86 bits per heavy atom. The molecule has 1 saturated heterocycles. The first-order valence-electron chi connectivity index (χ1n) is 6.68. The Hall–Kier alpha value is -1.82. The van der Waals surface area contributed by atoms with Crippen molar-refractivity contribution in [3.05, 3.63) is 34.3 Å². The molecule has 1 aliphatic rings. The van der Waals surface area contributed by atoms with Crippen LogP contribution in [-0.4, -0.2) is 36.1 Å². The standard InChI is InChI=1S/C15H17BrN2O3/c1-10(19)17-12-6-7-18(9-12)14-4-2-11(8-13(14)16)3-5-15(20)21/h2-5,8,12H,6-7,9H2,1H3,(H,17,19)(H,20,21)/b5-3+. The van der Waals surface area contributed by atoms with Crippen molar-refractivity contribution < 1.29 is 14.7 Å². The first-order chi connectivity index (χ1) is 9.95. The molecule has 1 atom stereocenters. The van der Waals surface area contributed by atoms with Gasteiger partial charge < -0.3 is 15.3 Å². The summed E-state index contributed by atoms with van der Waals surface area (Å²) in [4.78, 5) is 23.8. The molecule has 1 aliphatic heterocycles. The summed E-state index contributed by atoms with van der Waals surface area (Å²) >= 11 is 3.52. The van der Waals surface area contributed by atoms with Crippen LogP contribution in [0.4, 0.5) is 5.69 Å². The van der Waals surface area contributed by atoms with Crippen LogP contribution in [0.25, 0.3) is 6.08 Å². The first-order valence-corrected chi connectivity index (χ1v) is 7.47. The lowest BCUT2D eigenvalue weighted by atomic mass is 10.2. The quantitative estimate of drug-likeness (QED) is 0.815. The molecular formula is C15H17BrN2O3. The van der Waals surface area contributed by atoms with E-state index in [4.69, 9.17) is 5.11 Å². The van der Waals surface area contributed by atoms with Gasteiger partial charge in [0.05, 0.1) is 5.69 Å². The zero-order valence-corrected chi connectivity index (χ0v) is 13.3. The number of benzene rings is 1. The summed E-state index contributed by atoms with van der Waals surface area (Å²) in [5, 5.41) is 11.6. The van der Waals surface area contributed by atoms with Crippen LogP contribution < -0.4 is 10.2 Å². The summed E-state index contributed by atoms with van der Waals surface area (Å²) in [6.07, 6.45) is 3.60. The molecule has 1 amide bonds. The summed E-state index contributed by atoms with van der Waals surface area (Å²) in [5.74, 6) is -0.969. The van der Waals surface area contributed by atoms with Crippen LogP contribution >= 0.6 is 15.9 Å². The molecule has 2 rings (SSSR count). The van der Waals surface area contributed by atoms with Gasteiger partial charge in [0.2, 0.25) is 5.91 Å². The molecule has 0 spiro atoms. The van der Waals surface area contributed by atoms with Crippen LogP contribution in [0.2, 0.25) is 0 Å². The van der Waals surface area contributed by atoms with E-state index in [0.29, 0.717) is 0 Å². The third-order valence-corrected chi connectivity index (χ3v) is 3.96. The Kier molecular flexibility index (Phi) is 5.01. The van der Waals surface area contributed by atoms with E-state index in [1.165, 1.54) is 6.92 Å². The molecule has 5 nitrogen and oxygen atoms in total. The largest absolute Gasteiger partial charge is 0.478 e. The molecule has 1 heterocycles. The van der Waals surface area contributed by atoms with Crippen molar-refractivity contribution in [3.63, 3.8) is 0 Å². The van der Waals surface area contributed by atoms with Crippen LogP contribution in [0.1, 0.15) is 18.9 Å². The molecule has 1 fully saturated rings. The summed E-state index contributed by atoms with van der Waals surface area (Å²) in [6.45, 7) is 3.19. The number of rotatable bonds is 4. The maximum absolute atomic E-state index is 11.1. The van der Waals surface area contributed by atoms with E-state index < -0.39 is 5.97 Å². The zero-order chi connectivity index (χ0) is 15.4. The van der Waals surface area contributed by atoms with Crippen LogP contribution in [-0.2, 0) is 9.59 Å². The van der Waals surface area contributed by atoms with E-state index in [0.717, 1.165) is 41.3 Å². The highest BCUT2D eigenvalue weighted by atomic mass is 79.9. The Morgan fingerprint density at radius 2 is 2.24 bits per heavy atom. The van der Waals surface area contributed by atoms with E-state index in [1.807, 2.05) is 18.2 Å². The topological polar surface area (TPSA) is 69.6 Å². The van der Waals surface area contributed by atoms with Gasteiger partial charge in [-0.05, 0) is 46.1 Å². The fraction of sp³-hybridized carbons (Fsp3) is 0.333. The van der Waals surface area contributed by atoms with Crippen molar-refractivity contribution in [2.45, 2.75) is 19.4 Å². The molecular weight excluding hydrogens is 336 g/mol. The van der Waals surface area contributed by atoms with Crippen molar-refractivity contribution in [3.8, 4) is 0 Å². The third-order valence-electron chi connectivity index (χ3n) is 3.33. The van der Waals surface area contributed by atoms with Gasteiger partial charge in [0.15, 0.2) is 0 Å². The second-order valence-corrected chi connectivity index (χ2v) is 5.87. The van der Waals surface area contributed by atoms with Gasteiger partial charge in [0, 0.05) is 36.6 Å². The Balaban J connectivity index is 2.08. The number of carboxylic acids is 1. The average Bonchev–Trinajstić information content (AvgIpc) is 2.83. The van der Waals surface area contributed by atoms with Gasteiger partial charge in [-0.2, -0.15) is 0 Å². The molecule has 1 aromatic carbocycles. The number of halogens is 1. The molecule has 0 aromatic heterocycles. The number of carbonyl (C=O) groups is 2. The van der Waals surface area contributed by atoms with Gasteiger partial charge in [-0.3, -0.25) is 4.79 Å². The van der Waals surface area contributed by atoms with E-state index in [-0.39, 0.29) is 11.9 Å². The third kappa shape index (κ3) is 4.32. The molecule has 0 radical (unpaired) electrons. The highest BCUT2D eigenvalue weighted by molar-refractivity contribution is 9.10. The van der Waals surface area contributed by atoms with Gasteiger partial charge in [0.25, 0.3) is 0 Å². The number of carbonyl (C=O) groups excluding carboxylic acids is 1. The number of carboxylic acid groups (broad SMARTS) is 1. The predicted octanol–water partition coefficient (Wildman–Crippen LogP) is 2.26. The van der Waals surface area contributed by atoms with Crippen LogP contribution in [0.3, 0.4) is 0 Å². The van der Waals surface area contributed by atoms with Crippen molar-refractivity contribution in [1.29, 1.82) is 0 Å². The minimum atomic E-state index is -0.965. The first kappa shape index (κ1) is 15.6. The highest BCUT2D eigenvalue weighted by Gasteiger charge is 2.24. The minimum absolute atomic E-state index is 0.00456. The zero-order valence-electron chi connectivity index (χ0n) is 11.7. The molecule has 21 heavy (non-hydrogen) atoms. The molecule has 0 aliphatic carbocycles. The van der Waals surface area contributed by atoms with Gasteiger partial charge in [-0.25, -0.2) is 4.79 Å². The summed E-state index contributed by atoms with van der Waals surface area (Å²) in [6, 6.07) is 5.91. The van der Waals surface area contributed by atoms with Gasteiger partial charge in [-0.1, -0.05) is 6.07 Å². The van der Waals surface area contributed by atoms with Crippen molar-refractivity contribution in [2.75, 3.05) is 18.0 Å². The number of hydrogen-bond donors (Lipinski definition) is 2. The molecule has 2 N–H and O–H groups in total. The van der Waals surface area contributed by atoms with E-state index in [9.17, 15) is 9.59 Å². The molecule has 1 aromatic rings. The van der Waals surface area contributed by atoms with Crippen LogP contribution in [0, 0.1) is 0 Å². The summed E-state index contributed by atoms with van der Waals surface area (Å²) in [5.41, 5.74) is 1.88. The number of nitrogens with one attached hydrogen (secondary N) is 1. The minimum Gasteiger partial charge on any atom is -0.478 e. The van der Waals surface area contributed by atoms with Crippen molar-refractivity contribution >= 4 is 39.6 Å². The Bertz CT molecular complexity index is 586. The molecule has 112 valence electrons. The normalized spacial score (nSPS) is 18.2. The maximum Gasteiger partial charge on any atom is 0.328 e. The predicted molar refractivity (Wildman–Crippen MR) is 85.2 cm³/mol. The van der Waals surface area contributed by atoms with Crippen LogP contribution in [0.15, 0.2) is 28.7 Å². The fourth-order valence-electron chi connectivity index (χ4n) is 2.44. The molecule has 1 unspecified atom stereocenters. The lowest BCUT2D eigenvalue weighted by molar-refractivity contribution is -0.131. The lowest BCUT2D eigenvalue weighted by Crippen LogP contribution is -2.35. The monoisotopic (exact) mass is 352 g/mol. The van der Waals surface area contributed by atoms with E-state index in [2.05, 4.69) is 26.1 Å². The number of nitrogens with zero attached hydrogens (tertiary/aromatic N) is 1. The fourth-order valence-corrected chi connectivity index (χ4v) is 3.08.